The topological polar surface area (TPSA) is 91.5 Å². The second kappa shape index (κ2) is 27.0. The Morgan fingerprint density at radius 3 is 1.93 bits per heavy atom. The van der Waals surface area contributed by atoms with Crippen LogP contribution in [0.2, 0.25) is 0 Å². The van der Waals surface area contributed by atoms with Gasteiger partial charge in [0.2, 0.25) is 5.51 Å². The van der Waals surface area contributed by atoms with E-state index in [0.29, 0.717) is 19.8 Å². The second-order valence-corrected chi connectivity index (χ2v) is 14.1. The standard InChI is InChI=1S/C32H56N3O5S2.ClH/c1-2-3-4-5-6-7-8-9-10-11-12-13-14-15-16-17-23-39-28-31(40-32-33-19-18-20-34-32)29-42(36,37)27-25-38-24-21-35-22-26-41-30-35;/h18-20,22,26,30-31H,2-17,21,23-25,27-29H2,1H3;1H/q+1;/p-1. The molecule has 0 fully saturated rings. The SMILES string of the molecule is CCCCCCCCCCCCCCCCCCOCC(CS(=O)(=O)CCOCC[n+]1ccsc1)Oc1ncccn1.[Cl-]. The van der Waals surface area contributed by atoms with E-state index in [1.165, 1.54) is 89.9 Å². The Hall–Kier alpha value is -1.33. The zero-order valence-corrected chi connectivity index (χ0v) is 28.8. The van der Waals surface area contributed by atoms with Crippen molar-refractivity contribution < 1.29 is 39.6 Å². The van der Waals surface area contributed by atoms with Gasteiger partial charge in [-0.1, -0.05) is 115 Å². The number of ether oxygens (including phenoxy) is 3. The fourth-order valence-corrected chi connectivity index (χ4v) is 6.69. The number of halogens is 1. The van der Waals surface area contributed by atoms with Crippen molar-refractivity contribution in [3.8, 4) is 6.01 Å². The van der Waals surface area contributed by atoms with Gasteiger partial charge in [-0.2, -0.15) is 4.57 Å². The number of hydrogen-bond donors (Lipinski definition) is 0. The first-order valence-electron chi connectivity index (χ1n) is 16.3. The van der Waals surface area contributed by atoms with E-state index >= 15 is 0 Å². The average molecular weight is 662 g/mol. The second-order valence-electron chi connectivity index (χ2n) is 11.1. The van der Waals surface area contributed by atoms with Crippen LogP contribution in [0.25, 0.3) is 0 Å². The Kier molecular flexibility index (Phi) is 24.9. The van der Waals surface area contributed by atoms with Crippen molar-refractivity contribution in [2.75, 3.05) is 37.9 Å². The molecular formula is C32H56ClN3O5S2. The van der Waals surface area contributed by atoms with Crippen LogP contribution in [0, 0.1) is 0 Å². The number of sulfone groups is 1. The number of aromatic nitrogens is 3. The zero-order valence-electron chi connectivity index (χ0n) is 26.4. The monoisotopic (exact) mass is 661 g/mol. The van der Waals surface area contributed by atoms with Crippen molar-refractivity contribution in [2.24, 2.45) is 0 Å². The van der Waals surface area contributed by atoms with E-state index in [2.05, 4.69) is 16.9 Å². The maximum Gasteiger partial charge on any atom is 0.316 e. The van der Waals surface area contributed by atoms with Gasteiger partial charge in [-0.25, -0.2) is 18.4 Å². The summed E-state index contributed by atoms with van der Waals surface area (Å²) in [6, 6.07) is 1.85. The maximum atomic E-state index is 12.8. The van der Waals surface area contributed by atoms with Gasteiger partial charge in [0.05, 0.1) is 30.1 Å². The number of unbranched alkanes of at least 4 members (excludes halogenated alkanes) is 15. The van der Waals surface area contributed by atoms with Crippen LogP contribution in [0.15, 0.2) is 35.5 Å². The highest BCUT2D eigenvalue weighted by atomic mass is 35.5. The number of rotatable bonds is 29. The minimum atomic E-state index is -3.40. The molecule has 2 heterocycles. The van der Waals surface area contributed by atoms with Crippen molar-refractivity contribution >= 4 is 21.2 Å². The van der Waals surface area contributed by atoms with Crippen molar-refractivity contribution in [2.45, 2.75) is 122 Å². The molecule has 0 amide bonds. The van der Waals surface area contributed by atoms with Gasteiger partial charge in [-0.3, -0.25) is 0 Å². The van der Waals surface area contributed by atoms with Gasteiger partial charge >= 0.3 is 6.01 Å². The summed E-state index contributed by atoms with van der Waals surface area (Å²) in [7, 11) is -3.40. The molecule has 2 aromatic heterocycles. The molecule has 0 aliphatic rings. The predicted octanol–water partition coefficient (Wildman–Crippen LogP) is 3.99. The molecule has 1 atom stereocenters. The van der Waals surface area contributed by atoms with E-state index in [0.717, 1.165) is 12.8 Å². The van der Waals surface area contributed by atoms with Crippen molar-refractivity contribution in [3.63, 3.8) is 0 Å². The average Bonchev–Trinajstić information content (AvgIpc) is 3.50. The smallest absolute Gasteiger partial charge is 0.316 e. The quantitative estimate of drug-likeness (QED) is 0.0962. The Bertz CT molecular complexity index is 969. The normalized spacial score (nSPS) is 12.2. The highest BCUT2D eigenvalue weighted by Crippen LogP contribution is 2.14. The summed E-state index contributed by atoms with van der Waals surface area (Å²) < 4.78 is 44.7. The summed E-state index contributed by atoms with van der Waals surface area (Å²) in [4.78, 5) is 8.16. The van der Waals surface area contributed by atoms with Crippen LogP contribution >= 0.6 is 11.3 Å². The zero-order chi connectivity index (χ0) is 30.0. The summed E-state index contributed by atoms with van der Waals surface area (Å²) in [5.41, 5.74) is 1.99. The number of hydrogen-bond acceptors (Lipinski definition) is 8. The highest BCUT2D eigenvalue weighted by Gasteiger charge is 2.22. The van der Waals surface area contributed by atoms with Crippen LogP contribution in [-0.2, 0) is 25.9 Å². The molecular weight excluding hydrogens is 606 g/mol. The van der Waals surface area contributed by atoms with E-state index in [1.807, 2.05) is 21.7 Å². The molecule has 2 rings (SSSR count). The summed E-state index contributed by atoms with van der Waals surface area (Å²) in [6.07, 6.45) is 25.7. The molecule has 0 spiro atoms. The minimum Gasteiger partial charge on any atom is -1.00 e. The van der Waals surface area contributed by atoms with Gasteiger partial charge in [0.15, 0.2) is 22.6 Å². The van der Waals surface area contributed by atoms with Crippen molar-refractivity contribution in [3.05, 3.63) is 35.5 Å². The summed E-state index contributed by atoms with van der Waals surface area (Å²) >= 11 is 1.61. The van der Waals surface area contributed by atoms with E-state index in [-0.39, 0.29) is 43.1 Å². The summed E-state index contributed by atoms with van der Waals surface area (Å²) in [6.45, 7) is 4.38. The van der Waals surface area contributed by atoms with Crippen LogP contribution in [0.3, 0.4) is 0 Å². The molecule has 0 radical (unpaired) electrons. The molecule has 0 saturated heterocycles. The molecule has 43 heavy (non-hydrogen) atoms. The first-order chi connectivity index (χ1) is 20.6. The Morgan fingerprint density at radius 1 is 0.791 bits per heavy atom. The molecule has 0 bridgehead atoms. The first kappa shape index (κ1) is 39.7. The third kappa shape index (κ3) is 22.8. The lowest BCUT2D eigenvalue weighted by molar-refractivity contribution is -0.693. The van der Waals surface area contributed by atoms with E-state index in [1.54, 1.807) is 29.8 Å². The molecule has 0 saturated carbocycles. The van der Waals surface area contributed by atoms with Crippen LogP contribution in [0.1, 0.15) is 110 Å². The minimum absolute atomic E-state index is 0. The van der Waals surface area contributed by atoms with Crippen molar-refractivity contribution in [1.29, 1.82) is 0 Å². The number of nitrogens with zero attached hydrogens (tertiary/aromatic N) is 3. The molecule has 2 aromatic rings. The largest absolute Gasteiger partial charge is 1.00 e. The highest BCUT2D eigenvalue weighted by molar-refractivity contribution is 7.91. The van der Waals surface area contributed by atoms with Crippen LogP contribution in [0.4, 0.5) is 0 Å². The predicted molar refractivity (Wildman–Crippen MR) is 171 cm³/mol. The molecule has 1 unspecified atom stereocenters. The van der Waals surface area contributed by atoms with Crippen LogP contribution in [-0.4, -0.2) is 62.4 Å². The molecule has 0 N–H and O–H groups in total. The Labute approximate surface area is 271 Å². The van der Waals surface area contributed by atoms with Gasteiger partial charge in [-0.15, -0.1) is 0 Å². The Morgan fingerprint density at radius 2 is 1.37 bits per heavy atom. The van der Waals surface area contributed by atoms with Crippen LogP contribution in [0.5, 0.6) is 6.01 Å². The summed E-state index contributed by atoms with van der Waals surface area (Å²) in [5, 5.41) is 1.99. The lowest BCUT2D eigenvalue weighted by Gasteiger charge is -2.18. The molecule has 0 aliphatic carbocycles. The van der Waals surface area contributed by atoms with Gasteiger partial charge in [0, 0.05) is 19.0 Å². The lowest BCUT2D eigenvalue weighted by Crippen LogP contribution is -3.00. The fraction of sp³-hybridized carbons (Fsp3) is 0.781. The molecule has 0 aromatic carbocycles. The molecule has 8 nitrogen and oxygen atoms in total. The first-order valence-corrected chi connectivity index (χ1v) is 19.1. The van der Waals surface area contributed by atoms with E-state index in [4.69, 9.17) is 14.2 Å². The van der Waals surface area contributed by atoms with Gasteiger partial charge in [0.1, 0.15) is 12.7 Å². The lowest BCUT2D eigenvalue weighted by atomic mass is 10.0. The molecule has 248 valence electrons. The van der Waals surface area contributed by atoms with Gasteiger partial charge in [-0.05, 0) is 12.5 Å². The fourth-order valence-electron chi connectivity index (χ4n) is 4.79. The third-order valence-electron chi connectivity index (χ3n) is 7.26. The third-order valence-corrected chi connectivity index (χ3v) is 9.60. The van der Waals surface area contributed by atoms with E-state index < -0.39 is 15.9 Å². The Balaban J connectivity index is 0.00000924. The summed E-state index contributed by atoms with van der Waals surface area (Å²) in [5.74, 6) is -0.219. The van der Waals surface area contributed by atoms with E-state index in [9.17, 15) is 8.42 Å². The van der Waals surface area contributed by atoms with Gasteiger partial charge in [0.25, 0.3) is 0 Å². The van der Waals surface area contributed by atoms with Crippen LogP contribution < -0.4 is 21.7 Å². The van der Waals surface area contributed by atoms with Gasteiger partial charge < -0.3 is 26.6 Å². The molecule has 0 aliphatic heterocycles. The number of thiazole rings is 1. The maximum absolute atomic E-state index is 12.8. The van der Waals surface area contributed by atoms with Crippen molar-refractivity contribution in [1.82, 2.24) is 9.97 Å². The molecule has 11 heteroatoms.